The lowest BCUT2D eigenvalue weighted by Gasteiger charge is -2.21. The summed E-state index contributed by atoms with van der Waals surface area (Å²) in [6.07, 6.45) is 0.321. The first-order chi connectivity index (χ1) is 7.22. The van der Waals surface area contributed by atoms with Crippen LogP contribution in [0.2, 0.25) is 0 Å². The van der Waals surface area contributed by atoms with Gasteiger partial charge in [-0.25, -0.2) is 10.6 Å². The van der Waals surface area contributed by atoms with E-state index >= 15 is 0 Å². The minimum Gasteiger partial charge on any atom is -0.455 e. The second kappa shape index (κ2) is 5.60. The van der Waals surface area contributed by atoms with E-state index in [1.807, 2.05) is 5.43 Å². The Balaban J connectivity index is 4.64. The van der Waals surface area contributed by atoms with E-state index in [0.717, 1.165) is 0 Å². The molecule has 0 spiro atoms. The van der Waals surface area contributed by atoms with E-state index in [0.29, 0.717) is 6.42 Å². The molecule has 6 nitrogen and oxygen atoms in total. The predicted molar refractivity (Wildman–Crippen MR) is 59.7 cm³/mol. The Labute approximate surface area is 95.0 Å². The van der Waals surface area contributed by atoms with Crippen LogP contribution in [0.5, 0.6) is 0 Å². The van der Waals surface area contributed by atoms with Crippen LogP contribution in [0.1, 0.15) is 34.1 Å². The highest BCUT2D eigenvalue weighted by Crippen LogP contribution is 2.11. The Morgan fingerprint density at radius 1 is 1.44 bits per heavy atom. The van der Waals surface area contributed by atoms with Crippen molar-refractivity contribution in [3.05, 3.63) is 0 Å². The third-order valence-electron chi connectivity index (χ3n) is 1.83. The lowest BCUT2D eigenvalue weighted by molar-refractivity contribution is -0.147. The van der Waals surface area contributed by atoms with Crippen molar-refractivity contribution in [1.29, 1.82) is 5.41 Å². The number of rotatable bonds is 4. The van der Waals surface area contributed by atoms with Gasteiger partial charge in [-0.1, -0.05) is 6.92 Å². The van der Waals surface area contributed by atoms with E-state index in [9.17, 15) is 9.59 Å². The van der Waals surface area contributed by atoms with Crippen molar-refractivity contribution >= 4 is 17.6 Å². The molecule has 0 bridgehead atoms. The number of hydrogen-bond acceptors (Lipinski definition) is 5. The van der Waals surface area contributed by atoms with Gasteiger partial charge in [-0.15, -0.1) is 0 Å². The van der Waals surface area contributed by atoms with E-state index in [1.165, 1.54) is 0 Å². The number of hydrazine groups is 1. The van der Waals surface area contributed by atoms with Gasteiger partial charge in [0.2, 0.25) is 5.91 Å². The molecule has 0 heterocycles. The Bertz CT molecular complexity index is 294. The number of carbonyl (C=O) groups is 2. The van der Waals surface area contributed by atoms with Crippen LogP contribution in [0.15, 0.2) is 0 Å². The molecule has 16 heavy (non-hydrogen) atoms. The summed E-state index contributed by atoms with van der Waals surface area (Å²) in [5.41, 5.74) is 0.873. The van der Waals surface area contributed by atoms with Gasteiger partial charge in [-0.3, -0.25) is 15.6 Å². The number of ether oxygens (including phenoxy) is 1. The maximum atomic E-state index is 11.5. The summed E-state index contributed by atoms with van der Waals surface area (Å²) in [5, 5.41) is 7.57. The average molecular weight is 229 g/mol. The molecule has 0 aliphatic carbocycles. The van der Waals surface area contributed by atoms with Gasteiger partial charge in [0.05, 0.1) is 5.92 Å². The van der Waals surface area contributed by atoms with Crippen LogP contribution in [0, 0.1) is 11.3 Å². The minimum atomic E-state index is -0.861. The van der Waals surface area contributed by atoms with Crippen LogP contribution in [0.3, 0.4) is 0 Å². The van der Waals surface area contributed by atoms with Crippen molar-refractivity contribution in [1.82, 2.24) is 5.43 Å². The van der Waals surface area contributed by atoms with E-state index < -0.39 is 23.4 Å². The fraction of sp³-hybridized carbons (Fsp3) is 0.700. The largest absolute Gasteiger partial charge is 0.455 e. The van der Waals surface area contributed by atoms with Crippen molar-refractivity contribution in [2.24, 2.45) is 11.8 Å². The Morgan fingerprint density at radius 3 is 2.25 bits per heavy atom. The molecule has 0 rings (SSSR count). The zero-order chi connectivity index (χ0) is 12.9. The molecular weight excluding hydrogens is 210 g/mol. The van der Waals surface area contributed by atoms with E-state index in [-0.39, 0.29) is 5.71 Å². The first-order valence-electron chi connectivity index (χ1n) is 5.05. The SMILES string of the molecule is CC[C@@H](C(=N)C(=O)OC(C)(C)C)C(=O)NN. The summed E-state index contributed by atoms with van der Waals surface area (Å²) in [7, 11) is 0. The molecule has 92 valence electrons. The zero-order valence-corrected chi connectivity index (χ0v) is 10.1. The summed E-state index contributed by atoms with van der Waals surface area (Å²) in [4.78, 5) is 22.8. The number of carbonyl (C=O) groups excluding carboxylic acids is 2. The Morgan fingerprint density at radius 2 is 1.94 bits per heavy atom. The summed E-state index contributed by atoms with van der Waals surface area (Å²) in [5.74, 6) is 2.76. The topological polar surface area (TPSA) is 105 Å². The third-order valence-corrected chi connectivity index (χ3v) is 1.83. The van der Waals surface area contributed by atoms with Gasteiger partial charge in [0, 0.05) is 0 Å². The summed E-state index contributed by atoms with van der Waals surface area (Å²) in [6.45, 7) is 6.78. The third kappa shape index (κ3) is 4.39. The van der Waals surface area contributed by atoms with Crippen LogP contribution in [0.25, 0.3) is 0 Å². The number of hydrogen-bond donors (Lipinski definition) is 3. The molecule has 0 unspecified atom stereocenters. The second-order valence-electron chi connectivity index (χ2n) is 4.38. The Kier molecular flexibility index (Phi) is 5.10. The zero-order valence-electron chi connectivity index (χ0n) is 10.1. The molecule has 0 fully saturated rings. The van der Waals surface area contributed by atoms with Gasteiger partial charge in [0.1, 0.15) is 11.3 Å². The predicted octanol–water partition coefficient (Wildman–Crippen LogP) is 0.364. The van der Waals surface area contributed by atoms with Gasteiger partial charge in [0.25, 0.3) is 0 Å². The standard InChI is InChI=1S/C10H19N3O3/c1-5-6(8(14)13-12)7(11)9(15)16-10(2,3)4/h6,11H,5,12H2,1-4H3,(H,13,14)/t6-/m0/s1. The highest BCUT2D eigenvalue weighted by molar-refractivity contribution is 6.39. The van der Waals surface area contributed by atoms with Crippen molar-refractivity contribution in [3.8, 4) is 0 Å². The highest BCUT2D eigenvalue weighted by Gasteiger charge is 2.29. The Hall–Kier alpha value is -1.43. The van der Waals surface area contributed by atoms with Crippen molar-refractivity contribution < 1.29 is 14.3 Å². The molecule has 6 heteroatoms. The first kappa shape index (κ1) is 14.6. The molecule has 0 aromatic rings. The monoisotopic (exact) mass is 229 g/mol. The molecule has 0 aromatic carbocycles. The molecular formula is C10H19N3O3. The van der Waals surface area contributed by atoms with Gasteiger partial charge in [-0.05, 0) is 27.2 Å². The minimum absolute atomic E-state index is 0.321. The maximum absolute atomic E-state index is 11.5. The van der Waals surface area contributed by atoms with Gasteiger partial charge in [-0.2, -0.15) is 0 Å². The lowest BCUT2D eigenvalue weighted by Crippen LogP contribution is -2.42. The molecule has 4 N–H and O–H groups in total. The molecule has 0 saturated carbocycles. The lowest BCUT2D eigenvalue weighted by atomic mass is 9.99. The number of nitrogens with two attached hydrogens (primary N) is 1. The molecule has 0 aromatic heterocycles. The maximum Gasteiger partial charge on any atom is 0.353 e. The van der Waals surface area contributed by atoms with Crippen LogP contribution in [0.4, 0.5) is 0 Å². The number of esters is 1. The van der Waals surface area contributed by atoms with E-state index in [1.54, 1.807) is 27.7 Å². The number of nitrogens with one attached hydrogen (secondary N) is 2. The molecule has 1 atom stereocenters. The highest BCUT2D eigenvalue weighted by atomic mass is 16.6. The average Bonchev–Trinajstić information content (AvgIpc) is 2.15. The van der Waals surface area contributed by atoms with Gasteiger partial charge < -0.3 is 4.74 Å². The fourth-order valence-corrected chi connectivity index (χ4v) is 1.10. The molecule has 0 aliphatic heterocycles. The second-order valence-corrected chi connectivity index (χ2v) is 4.38. The van der Waals surface area contributed by atoms with Crippen LogP contribution in [-0.2, 0) is 14.3 Å². The van der Waals surface area contributed by atoms with E-state index in [2.05, 4.69) is 0 Å². The van der Waals surface area contributed by atoms with Crippen molar-refractivity contribution in [2.75, 3.05) is 0 Å². The normalized spacial score (nSPS) is 12.8. The van der Waals surface area contributed by atoms with Crippen LogP contribution >= 0.6 is 0 Å². The summed E-state index contributed by atoms with van der Waals surface area (Å²) >= 11 is 0. The summed E-state index contributed by atoms with van der Waals surface area (Å²) < 4.78 is 4.99. The smallest absolute Gasteiger partial charge is 0.353 e. The number of amides is 1. The molecule has 0 saturated heterocycles. The molecule has 0 aliphatic rings. The van der Waals surface area contributed by atoms with E-state index in [4.69, 9.17) is 16.0 Å². The van der Waals surface area contributed by atoms with Crippen LogP contribution in [-0.4, -0.2) is 23.2 Å². The van der Waals surface area contributed by atoms with Crippen molar-refractivity contribution in [3.63, 3.8) is 0 Å². The first-order valence-corrected chi connectivity index (χ1v) is 5.05. The molecule has 0 radical (unpaired) electrons. The van der Waals surface area contributed by atoms with Gasteiger partial charge >= 0.3 is 5.97 Å². The van der Waals surface area contributed by atoms with Crippen molar-refractivity contribution in [2.45, 2.75) is 39.7 Å². The fourth-order valence-electron chi connectivity index (χ4n) is 1.10. The quantitative estimate of drug-likeness (QED) is 0.213. The summed E-state index contributed by atoms with van der Waals surface area (Å²) in [6, 6.07) is 0. The molecule has 1 amide bonds. The van der Waals surface area contributed by atoms with Gasteiger partial charge in [0.15, 0.2) is 0 Å². The van der Waals surface area contributed by atoms with Crippen LogP contribution < -0.4 is 11.3 Å².